The summed E-state index contributed by atoms with van der Waals surface area (Å²) in [7, 11) is 2.09. The molecule has 2 aromatic carbocycles. The number of nitrogens with zero attached hydrogens (tertiary/aromatic N) is 2. The van der Waals surface area contributed by atoms with Crippen LogP contribution < -0.4 is 14.8 Å². The molecule has 1 aliphatic heterocycles. The van der Waals surface area contributed by atoms with Crippen molar-refractivity contribution in [1.29, 1.82) is 5.26 Å². The maximum Gasteiger partial charge on any atom is 0.333 e. The fourth-order valence-electron chi connectivity index (χ4n) is 3.64. The Morgan fingerprint density at radius 3 is 2.45 bits per heavy atom. The minimum Gasteiger partial charge on any atom is -0.494 e. The lowest BCUT2D eigenvalue weighted by Gasteiger charge is -2.31. The molecule has 1 heterocycles. The van der Waals surface area contributed by atoms with Gasteiger partial charge in [0.1, 0.15) is 17.6 Å². The Labute approximate surface area is 183 Å². The Morgan fingerprint density at radius 1 is 1.23 bits per heavy atom. The number of anilines is 1. The normalized spacial score (nSPS) is 16.7. The molecular formula is C24H29N3O4. The molecule has 0 saturated carbocycles. The van der Waals surface area contributed by atoms with Gasteiger partial charge >= 0.3 is 5.97 Å². The Bertz CT molecular complexity index is 946. The van der Waals surface area contributed by atoms with Gasteiger partial charge in [-0.05, 0) is 75.7 Å². The maximum atomic E-state index is 12.4. The predicted molar refractivity (Wildman–Crippen MR) is 119 cm³/mol. The van der Waals surface area contributed by atoms with E-state index in [-0.39, 0.29) is 6.10 Å². The van der Waals surface area contributed by atoms with E-state index >= 15 is 0 Å². The highest BCUT2D eigenvalue weighted by Gasteiger charge is 2.36. The number of hydrogen-bond acceptors (Lipinski definition) is 6. The molecule has 2 N–H and O–H groups in total. The first-order valence-electron chi connectivity index (χ1n) is 10.5. The van der Waals surface area contributed by atoms with Crippen LogP contribution in [0, 0.1) is 11.3 Å². The van der Waals surface area contributed by atoms with Crippen molar-refractivity contribution in [2.75, 3.05) is 32.1 Å². The van der Waals surface area contributed by atoms with Gasteiger partial charge in [0.2, 0.25) is 0 Å². The van der Waals surface area contributed by atoms with E-state index in [0.717, 1.165) is 25.9 Å². The van der Waals surface area contributed by atoms with Crippen LogP contribution in [0.15, 0.2) is 42.5 Å². The second kappa shape index (κ2) is 9.71. The van der Waals surface area contributed by atoms with Gasteiger partial charge in [0.05, 0.1) is 18.2 Å². The van der Waals surface area contributed by atoms with Crippen molar-refractivity contribution in [3.05, 3.63) is 53.6 Å². The van der Waals surface area contributed by atoms with Crippen molar-refractivity contribution in [2.45, 2.75) is 38.3 Å². The lowest BCUT2D eigenvalue weighted by atomic mass is 9.91. The number of piperidine rings is 1. The first-order valence-corrected chi connectivity index (χ1v) is 10.5. The molecule has 0 aliphatic carbocycles. The number of nitrogens with one attached hydrogen (secondary N) is 1. The molecule has 1 saturated heterocycles. The van der Waals surface area contributed by atoms with Crippen LogP contribution >= 0.6 is 0 Å². The standard InChI is InChI=1S/C24H29N3O4/c1-4-30-21-13-18(14-22(15-21)31-20-9-11-27(3)12-10-20)24(2,23(28)29)26-19-7-5-17(16-25)6-8-19/h5-8,13-15,20,26H,4,9-12H2,1-3H3,(H,28,29). The van der Waals surface area contributed by atoms with E-state index in [1.807, 2.05) is 13.0 Å². The predicted octanol–water partition coefficient (Wildman–Crippen LogP) is 3.84. The third kappa shape index (κ3) is 5.47. The van der Waals surface area contributed by atoms with E-state index in [1.165, 1.54) is 0 Å². The number of nitriles is 1. The zero-order chi connectivity index (χ0) is 22.4. The number of carbonyl (C=O) groups is 1. The molecule has 0 aromatic heterocycles. The molecule has 1 fully saturated rings. The monoisotopic (exact) mass is 423 g/mol. The minimum atomic E-state index is -1.42. The molecule has 1 aliphatic rings. The summed E-state index contributed by atoms with van der Waals surface area (Å²) in [5, 5.41) is 22.2. The summed E-state index contributed by atoms with van der Waals surface area (Å²) >= 11 is 0. The number of rotatable bonds is 8. The van der Waals surface area contributed by atoms with Crippen LogP contribution in [0.25, 0.3) is 0 Å². The van der Waals surface area contributed by atoms with Gasteiger partial charge in [0, 0.05) is 24.8 Å². The van der Waals surface area contributed by atoms with Crippen molar-refractivity contribution >= 4 is 11.7 Å². The largest absolute Gasteiger partial charge is 0.494 e. The summed E-state index contributed by atoms with van der Waals surface area (Å²) in [6.07, 6.45) is 1.93. The van der Waals surface area contributed by atoms with Gasteiger partial charge in [-0.2, -0.15) is 5.26 Å². The van der Waals surface area contributed by atoms with Crippen molar-refractivity contribution in [2.24, 2.45) is 0 Å². The highest BCUT2D eigenvalue weighted by molar-refractivity contribution is 5.84. The van der Waals surface area contributed by atoms with Crippen LogP contribution in [-0.4, -0.2) is 48.8 Å². The Hall–Kier alpha value is -3.24. The van der Waals surface area contributed by atoms with E-state index < -0.39 is 11.5 Å². The summed E-state index contributed by atoms with van der Waals surface area (Å²) in [6.45, 7) is 5.89. The maximum absolute atomic E-state index is 12.4. The van der Waals surface area contributed by atoms with Gasteiger partial charge in [0.15, 0.2) is 5.54 Å². The molecule has 0 amide bonds. The molecule has 0 bridgehead atoms. The van der Waals surface area contributed by atoms with Crippen LogP contribution in [0.3, 0.4) is 0 Å². The lowest BCUT2D eigenvalue weighted by molar-refractivity contribution is -0.142. The summed E-state index contributed by atoms with van der Waals surface area (Å²) in [5.74, 6) is 0.136. The fourth-order valence-corrected chi connectivity index (χ4v) is 3.64. The number of aliphatic carboxylic acids is 1. The zero-order valence-electron chi connectivity index (χ0n) is 18.2. The van der Waals surface area contributed by atoms with Gasteiger partial charge in [-0.1, -0.05) is 0 Å². The average molecular weight is 424 g/mol. The van der Waals surface area contributed by atoms with Crippen LogP contribution in [0.2, 0.25) is 0 Å². The number of likely N-dealkylation sites (tertiary alicyclic amines) is 1. The topological polar surface area (TPSA) is 94.8 Å². The fraction of sp³-hybridized carbons (Fsp3) is 0.417. The van der Waals surface area contributed by atoms with Gasteiger partial charge in [-0.25, -0.2) is 4.79 Å². The summed E-state index contributed by atoms with van der Waals surface area (Å²) in [6, 6.07) is 14.1. The number of carboxylic acids is 1. The number of benzene rings is 2. The second-order valence-electron chi connectivity index (χ2n) is 7.99. The van der Waals surface area contributed by atoms with Crippen LogP contribution in [0.1, 0.15) is 37.8 Å². The lowest BCUT2D eigenvalue weighted by Crippen LogP contribution is -2.40. The smallest absolute Gasteiger partial charge is 0.333 e. The molecule has 0 radical (unpaired) electrons. The third-order valence-electron chi connectivity index (χ3n) is 5.57. The van der Waals surface area contributed by atoms with Crippen LogP contribution in [-0.2, 0) is 10.3 Å². The third-order valence-corrected chi connectivity index (χ3v) is 5.57. The van der Waals surface area contributed by atoms with Crippen molar-refractivity contribution in [3.8, 4) is 17.6 Å². The molecule has 1 unspecified atom stereocenters. The zero-order valence-corrected chi connectivity index (χ0v) is 18.2. The highest BCUT2D eigenvalue weighted by Crippen LogP contribution is 2.34. The molecule has 31 heavy (non-hydrogen) atoms. The van der Waals surface area contributed by atoms with Gasteiger partial charge in [-0.3, -0.25) is 0 Å². The highest BCUT2D eigenvalue weighted by atomic mass is 16.5. The Balaban J connectivity index is 1.92. The molecule has 164 valence electrons. The number of ether oxygens (including phenoxy) is 2. The molecule has 1 atom stereocenters. The van der Waals surface area contributed by atoms with E-state index in [2.05, 4.69) is 23.3 Å². The van der Waals surface area contributed by atoms with Gasteiger partial charge in [-0.15, -0.1) is 0 Å². The number of hydrogen-bond donors (Lipinski definition) is 2. The Morgan fingerprint density at radius 2 is 1.87 bits per heavy atom. The second-order valence-corrected chi connectivity index (χ2v) is 7.99. The average Bonchev–Trinajstić information content (AvgIpc) is 2.76. The van der Waals surface area contributed by atoms with Crippen LogP contribution in [0.5, 0.6) is 11.5 Å². The van der Waals surface area contributed by atoms with E-state index in [0.29, 0.717) is 34.9 Å². The summed E-state index contributed by atoms with van der Waals surface area (Å²) in [4.78, 5) is 14.6. The molecule has 7 heteroatoms. The number of carboxylic acid groups (broad SMARTS) is 1. The van der Waals surface area contributed by atoms with Crippen molar-refractivity contribution in [1.82, 2.24) is 4.90 Å². The van der Waals surface area contributed by atoms with E-state index in [9.17, 15) is 9.90 Å². The molecule has 7 nitrogen and oxygen atoms in total. The van der Waals surface area contributed by atoms with E-state index in [1.54, 1.807) is 43.3 Å². The molecule has 2 aromatic rings. The first-order chi connectivity index (χ1) is 14.8. The molecule has 0 spiro atoms. The minimum absolute atomic E-state index is 0.0866. The quantitative estimate of drug-likeness (QED) is 0.666. The summed E-state index contributed by atoms with van der Waals surface area (Å²) in [5.41, 5.74) is 0.211. The van der Waals surface area contributed by atoms with Crippen molar-refractivity contribution in [3.63, 3.8) is 0 Å². The Kier molecular flexibility index (Phi) is 7.03. The van der Waals surface area contributed by atoms with Crippen LogP contribution in [0.4, 0.5) is 5.69 Å². The first kappa shape index (κ1) is 22.4. The molecular weight excluding hydrogens is 394 g/mol. The van der Waals surface area contributed by atoms with Crippen molar-refractivity contribution < 1.29 is 19.4 Å². The van der Waals surface area contributed by atoms with Gasteiger partial charge in [0.25, 0.3) is 0 Å². The SMILES string of the molecule is CCOc1cc(OC2CCN(C)CC2)cc(C(C)(Nc2ccc(C#N)cc2)C(=O)O)c1. The van der Waals surface area contributed by atoms with Gasteiger partial charge < -0.3 is 24.8 Å². The summed E-state index contributed by atoms with van der Waals surface area (Å²) < 4.78 is 11.9. The van der Waals surface area contributed by atoms with E-state index in [4.69, 9.17) is 14.7 Å². The molecule has 3 rings (SSSR count).